The van der Waals surface area contributed by atoms with Crippen molar-refractivity contribution in [3.05, 3.63) is 52.4 Å². The molecule has 0 aromatic heterocycles. The quantitative estimate of drug-likeness (QED) is 0.813. The lowest BCUT2D eigenvalue weighted by Crippen LogP contribution is -2.01. The van der Waals surface area contributed by atoms with Crippen LogP contribution in [0.25, 0.3) is 6.08 Å². The zero-order chi connectivity index (χ0) is 12.3. The van der Waals surface area contributed by atoms with E-state index in [4.69, 9.17) is 5.73 Å². The molecule has 0 spiro atoms. The molecule has 1 aromatic carbocycles. The summed E-state index contributed by atoms with van der Waals surface area (Å²) in [7, 11) is 0. The van der Waals surface area contributed by atoms with Gasteiger partial charge in [-0.2, -0.15) is 4.99 Å². The van der Waals surface area contributed by atoms with Crippen molar-refractivity contribution < 1.29 is 4.79 Å². The van der Waals surface area contributed by atoms with Gasteiger partial charge in [0.2, 0.25) is 0 Å². The van der Waals surface area contributed by atoms with Gasteiger partial charge in [-0.25, -0.2) is 0 Å². The molecule has 1 aliphatic rings. The molecule has 2 N–H and O–H groups in total. The highest BCUT2D eigenvalue weighted by Crippen LogP contribution is 2.23. The van der Waals surface area contributed by atoms with E-state index in [-0.39, 0.29) is 5.91 Å². The second-order valence-corrected chi connectivity index (χ2v) is 4.67. The zero-order valence-corrected chi connectivity index (χ0v) is 10.2. The summed E-state index contributed by atoms with van der Waals surface area (Å²) in [5.41, 5.74) is 7.78. The summed E-state index contributed by atoms with van der Waals surface area (Å²) in [6.45, 7) is 2.05. The molecule has 1 amide bonds. The predicted octanol–water partition coefficient (Wildman–Crippen LogP) is 2.48. The summed E-state index contributed by atoms with van der Waals surface area (Å²) in [5, 5.41) is 0.311. The standard InChI is InChI=1S/C13H12N2OS/c1-9-5-2-3-6-10(9)7-4-8-11-12(16)15-13(14)17-11/h2-8H,1H3,(H2,14,15,16). The molecule has 1 aliphatic heterocycles. The minimum Gasteiger partial charge on any atom is -0.378 e. The van der Waals surface area contributed by atoms with E-state index in [1.54, 1.807) is 6.08 Å². The number of hydrogen-bond donors (Lipinski definition) is 1. The van der Waals surface area contributed by atoms with Gasteiger partial charge in [-0.3, -0.25) is 4.79 Å². The topological polar surface area (TPSA) is 55.4 Å². The number of nitrogens with zero attached hydrogens (tertiary/aromatic N) is 1. The summed E-state index contributed by atoms with van der Waals surface area (Å²) in [6.07, 6.45) is 5.55. The third-order valence-corrected chi connectivity index (χ3v) is 3.18. The van der Waals surface area contributed by atoms with E-state index in [1.807, 2.05) is 43.3 Å². The number of benzene rings is 1. The van der Waals surface area contributed by atoms with Crippen molar-refractivity contribution in [1.29, 1.82) is 0 Å². The van der Waals surface area contributed by atoms with Crippen LogP contribution in [0.2, 0.25) is 0 Å². The molecule has 2 rings (SSSR count). The molecule has 0 aliphatic carbocycles. The lowest BCUT2D eigenvalue weighted by atomic mass is 10.1. The number of amidine groups is 1. The number of aliphatic imine (C=N–C) groups is 1. The summed E-state index contributed by atoms with van der Waals surface area (Å²) >= 11 is 1.20. The Balaban J connectivity index is 2.11. The lowest BCUT2D eigenvalue weighted by Gasteiger charge is -1.97. The molecule has 0 saturated carbocycles. The van der Waals surface area contributed by atoms with Crippen molar-refractivity contribution in [1.82, 2.24) is 0 Å². The number of carbonyl (C=O) groups is 1. The van der Waals surface area contributed by atoms with Gasteiger partial charge in [0.1, 0.15) is 0 Å². The Bertz CT molecular complexity index is 544. The monoisotopic (exact) mass is 244 g/mol. The highest BCUT2D eigenvalue weighted by molar-refractivity contribution is 8.18. The van der Waals surface area contributed by atoms with Crippen LogP contribution in [-0.4, -0.2) is 11.1 Å². The van der Waals surface area contributed by atoms with E-state index in [1.165, 1.54) is 17.3 Å². The molecule has 0 saturated heterocycles. The van der Waals surface area contributed by atoms with Gasteiger partial charge in [0.25, 0.3) is 5.91 Å². The van der Waals surface area contributed by atoms with Crippen LogP contribution < -0.4 is 5.73 Å². The van der Waals surface area contributed by atoms with Crippen LogP contribution >= 0.6 is 11.8 Å². The van der Waals surface area contributed by atoms with Crippen molar-refractivity contribution in [3.8, 4) is 0 Å². The van der Waals surface area contributed by atoms with Crippen molar-refractivity contribution in [2.75, 3.05) is 0 Å². The molecule has 0 fully saturated rings. The first-order valence-electron chi connectivity index (χ1n) is 5.17. The van der Waals surface area contributed by atoms with Crippen molar-refractivity contribution >= 4 is 28.9 Å². The maximum Gasteiger partial charge on any atom is 0.286 e. The molecule has 0 atom stereocenters. The van der Waals surface area contributed by atoms with Gasteiger partial charge in [-0.1, -0.05) is 36.4 Å². The van der Waals surface area contributed by atoms with Crippen LogP contribution in [0.5, 0.6) is 0 Å². The predicted molar refractivity (Wildman–Crippen MR) is 72.5 cm³/mol. The molecule has 17 heavy (non-hydrogen) atoms. The Morgan fingerprint density at radius 1 is 1.35 bits per heavy atom. The van der Waals surface area contributed by atoms with E-state index in [0.717, 1.165) is 5.56 Å². The Kier molecular flexibility index (Phi) is 3.44. The molecule has 1 heterocycles. The number of thioether (sulfide) groups is 1. The van der Waals surface area contributed by atoms with E-state index in [0.29, 0.717) is 10.1 Å². The van der Waals surface area contributed by atoms with Crippen LogP contribution in [0.15, 0.2) is 46.3 Å². The fourth-order valence-corrected chi connectivity index (χ4v) is 2.09. The van der Waals surface area contributed by atoms with E-state index >= 15 is 0 Å². The molecule has 0 bridgehead atoms. The minimum absolute atomic E-state index is 0.262. The van der Waals surface area contributed by atoms with Crippen LogP contribution in [0, 0.1) is 6.92 Å². The Morgan fingerprint density at radius 3 is 2.76 bits per heavy atom. The summed E-state index contributed by atoms with van der Waals surface area (Å²) < 4.78 is 0. The van der Waals surface area contributed by atoms with Gasteiger partial charge in [0.05, 0.1) is 4.91 Å². The Morgan fingerprint density at radius 2 is 2.12 bits per heavy atom. The van der Waals surface area contributed by atoms with Crippen LogP contribution in [0.1, 0.15) is 11.1 Å². The summed E-state index contributed by atoms with van der Waals surface area (Å²) in [5.74, 6) is -0.262. The third-order valence-electron chi connectivity index (χ3n) is 2.35. The molecule has 1 aromatic rings. The van der Waals surface area contributed by atoms with Gasteiger partial charge in [0, 0.05) is 0 Å². The first-order valence-corrected chi connectivity index (χ1v) is 5.99. The maximum atomic E-state index is 11.3. The van der Waals surface area contributed by atoms with Gasteiger partial charge < -0.3 is 5.73 Å². The van der Waals surface area contributed by atoms with E-state index in [2.05, 4.69) is 4.99 Å². The van der Waals surface area contributed by atoms with Gasteiger partial charge in [-0.05, 0) is 35.9 Å². The molecule has 0 radical (unpaired) electrons. The number of hydrogen-bond acceptors (Lipinski definition) is 3. The number of allylic oxidation sites excluding steroid dienone is 2. The van der Waals surface area contributed by atoms with Crippen LogP contribution in [0.4, 0.5) is 0 Å². The highest BCUT2D eigenvalue weighted by atomic mass is 32.2. The fraction of sp³-hybridized carbons (Fsp3) is 0.0769. The van der Waals surface area contributed by atoms with Gasteiger partial charge in [0.15, 0.2) is 5.17 Å². The Labute approximate surface area is 104 Å². The number of nitrogens with two attached hydrogens (primary N) is 1. The van der Waals surface area contributed by atoms with Crippen molar-refractivity contribution in [2.45, 2.75) is 6.92 Å². The third kappa shape index (κ3) is 2.85. The minimum atomic E-state index is -0.262. The number of aryl methyl sites for hydroxylation is 1. The van der Waals surface area contributed by atoms with Gasteiger partial charge >= 0.3 is 0 Å². The average Bonchev–Trinajstić information content (AvgIpc) is 2.60. The summed E-state index contributed by atoms with van der Waals surface area (Å²) in [4.78, 5) is 15.5. The van der Waals surface area contributed by atoms with E-state index < -0.39 is 0 Å². The molecular formula is C13H12N2OS. The largest absolute Gasteiger partial charge is 0.378 e. The highest BCUT2D eigenvalue weighted by Gasteiger charge is 2.18. The van der Waals surface area contributed by atoms with Crippen molar-refractivity contribution in [2.24, 2.45) is 10.7 Å². The van der Waals surface area contributed by atoms with Crippen LogP contribution in [0.3, 0.4) is 0 Å². The van der Waals surface area contributed by atoms with Crippen LogP contribution in [-0.2, 0) is 4.79 Å². The molecule has 4 heteroatoms. The fourth-order valence-electron chi connectivity index (χ4n) is 1.45. The zero-order valence-electron chi connectivity index (χ0n) is 9.38. The first-order chi connectivity index (χ1) is 8.16. The molecule has 86 valence electrons. The normalized spacial score (nSPS) is 18.1. The second kappa shape index (κ2) is 5.01. The van der Waals surface area contributed by atoms with Crippen molar-refractivity contribution in [3.63, 3.8) is 0 Å². The Hall–Kier alpha value is -1.81. The first kappa shape index (κ1) is 11.7. The molecular weight excluding hydrogens is 232 g/mol. The number of carbonyl (C=O) groups excluding carboxylic acids is 1. The molecule has 3 nitrogen and oxygen atoms in total. The summed E-state index contributed by atoms with van der Waals surface area (Å²) in [6, 6.07) is 8.05. The van der Waals surface area contributed by atoms with E-state index in [9.17, 15) is 4.79 Å². The number of amides is 1. The smallest absolute Gasteiger partial charge is 0.286 e. The van der Waals surface area contributed by atoms with Gasteiger partial charge in [-0.15, -0.1) is 0 Å². The lowest BCUT2D eigenvalue weighted by molar-refractivity contribution is -0.113. The average molecular weight is 244 g/mol. The SMILES string of the molecule is Cc1ccccc1C=CC=C1SC(N)=NC1=O. The maximum absolute atomic E-state index is 11.3. The number of rotatable bonds is 2. The molecule has 0 unspecified atom stereocenters. The second-order valence-electron chi connectivity index (χ2n) is 3.60.